The Labute approximate surface area is 186 Å². The zero-order valence-corrected chi connectivity index (χ0v) is 19.8. The third-order valence-corrected chi connectivity index (χ3v) is 5.64. The highest BCUT2D eigenvalue weighted by Crippen LogP contribution is 2.49. The third kappa shape index (κ3) is 19.0. The zero-order valence-electron chi connectivity index (χ0n) is 18.9. The van der Waals surface area contributed by atoms with Crippen molar-refractivity contribution in [3.8, 4) is 0 Å². The third-order valence-electron chi connectivity index (χ3n) is 4.15. The lowest BCUT2D eigenvalue weighted by Gasteiger charge is -2.18. The fourth-order valence-electron chi connectivity index (χ4n) is 2.36. The van der Waals surface area contributed by atoms with E-state index in [0.717, 1.165) is 63.5 Å². The highest BCUT2D eigenvalue weighted by molar-refractivity contribution is 7.48. The van der Waals surface area contributed by atoms with Crippen LogP contribution in [-0.2, 0) is 37.2 Å². The van der Waals surface area contributed by atoms with Gasteiger partial charge in [0.05, 0.1) is 33.0 Å². The van der Waals surface area contributed by atoms with E-state index in [1.165, 1.54) is 0 Å². The van der Waals surface area contributed by atoms with Crippen LogP contribution in [0.5, 0.6) is 0 Å². The van der Waals surface area contributed by atoms with Gasteiger partial charge in [-0.15, -0.1) is 0 Å². The number of unbranched alkanes of at least 4 members (excludes halogenated alkanes) is 7. The first-order valence-electron chi connectivity index (χ1n) is 11.1. The van der Waals surface area contributed by atoms with Crippen molar-refractivity contribution in [2.75, 3.05) is 33.0 Å². The normalized spacial score (nSPS) is 11.1. The Morgan fingerprint density at radius 1 is 0.645 bits per heavy atom. The largest absolute Gasteiger partial charge is 0.474 e. The zero-order chi connectivity index (χ0) is 23.2. The van der Waals surface area contributed by atoms with Crippen LogP contribution in [0.3, 0.4) is 0 Å². The molecule has 31 heavy (non-hydrogen) atoms. The number of hydrogen-bond acceptors (Lipinski definition) is 8. The van der Waals surface area contributed by atoms with Crippen LogP contribution in [-0.4, -0.2) is 45.0 Å². The predicted octanol–water partition coefficient (Wildman–Crippen LogP) is 5.52. The number of esters is 2. The molecule has 0 aliphatic heterocycles. The quantitative estimate of drug-likeness (QED) is 0.0897. The van der Waals surface area contributed by atoms with Crippen molar-refractivity contribution in [1.82, 2.24) is 0 Å². The van der Waals surface area contributed by atoms with Gasteiger partial charge in [0.25, 0.3) is 0 Å². The highest BCUT2D eigenvalue weighted by atomic mass is 31.2. The number of carbonyl (C=O) groups excluding carboxylic acids is 2. The lowest BCUT2D eigenvalue weighted by molar-refractivity contribution is -0.138. The number of phosphoric ester groups is 1. The molecular formula is C22H39O8P. The molecule has 0 heterocycles. The van der Waals surface area contributed by atoms with Gasteiger partial charge in [-0.25, -0.2) is 14.2 Å². The van der Waals surface area contributed by atoms with Crippen molar-refractivity contribution in [3.05, 3.63) is 25.3 Å². The van der Waals surface area contributed by atoms with E-state index in [0.29, 0.717) is 32.7 Å². The molecule has 0 radical (unpaired) electrons. The molecule has 8 nitrogen and oxygen atoms in total. The summed E-state index contributed by atoms with van der Waals surface area (Å²) >= 11 is 0. The van der Waals surface area contributed by atoms with Gasteiger partial charge < -0.3 is 9.47 Å². The van der Waals surface area contributed by atoms with E-state index < -0.39 is 19.8 Å². The standard InChI is InChI=1S/C22H39O8P/c1-4-7-18-28-31(25,29-19-14-10-8-12-16-26-21(23)5-2)30-20-15-11-9-13-17-27-22(24)6-3/h5-6H,2-4,7-20H2,1H3. The smallest absolute Gasteiger partial charge is 0.463 e. The summed E-state index contributed by atoms with van der Waals surface area (Å²) in [4.78, 5) is 21.9. The van der Waals surface area contributed by atoms with Crippen LogP contribution in [0.4, 0.5) is 0 Å². The lowest BCUT2D eigenvalue weighted by Crippen LogP contribution is -2.05. The Morgan fingerprint density at radius 2 is 1.00 bits per heavy atom. The molecule has 0 amide bonds. The molecule has 0 aliphatic carbocycles. The number of phosphoric acid groups is 1. The van der Waals surface area contributed by atoms with Gasteiger partial charge in [0, 0.05) is 12.2 Å². The van der Waals surface area contributed by atoms with E-state index in [9.17, 15) is 14.2 Å². The average molecular weight is 463 g/mol. The van der Waals surface area contributed by atoms with Gasteiger partial charge in [0.1, 0.15) is 0 Å². The van der Waals surface area contributed by atoms with Crippen molar-refractivity contribution in [1.29, 1.82) is 0 Å². The van der Waals surface area contributed by atoms with Gasteiger partial charge in [-0.1, -0.05) is 39.3 Å². The molecule has 0 N–H and O–H groups in total. The average Bonchev–Trinajstić information content (AvgIpc) is 2.77. The second kappa shape index (κ2) is 20.4. The molecular weight excluding hydrogens is 423 g/mol. The SMILES string of the molecule is C=CC(=O)OCCCCCCOP(=O)(OCCCC)OCCCCCCOC(=O)C=C. The fraction of sp³-hybridized carbons (Fsp3) is 0.727. The van der Waals surface area contributed by atoms with Crippen LogP contribution in [0.1, 0.15) is 71.1 Å². The molecule has 0 aliphatic rings. The fourth-order valence-corrected chi connectivity index (χ4v) is 3.65. The van der Waals surface area contributed by atoms with Crippen molar-refractivity contribution in [2.45, 2.75) is 71.1 Å². The molecule has 0 aromatic heterocycles. The Morgan fingerprint density at radius 3 is 1.35 bits per heavy atom. The first-order chi connectivity index (χ1) is 15.0. The molecule has 0 aromatic rings. The molecule has 0 atom stereocenters. The van der Waals surface area contributed by atoms with Gasteiger partial charge >= 0.3 is 19.8 Å². The molecule has 0 saturated heterocycles. The van der Waals surface area contributed by atoms with Gasteiger partial charge in [-0.05, 0) is 44.9 Å². The van der Waals surface area contributed by atoms with Gasteiger partial charge in [0.15, 0.2) is 0 Å². The second-order valence-corrected chi connectivity index (χ2v) is 8.54. The van der Waals surface area contributed by atoms with Crippen molar-refractivity contribution in [3.63, 3.8) is 0 Å². The van der Waals surface area contributed by atoms with Crippen LogP contribution in [0, 0.1) is 0 Å². The summed E-state index contributed by atoms with van der Waals surface area (Å²) in [6, 6.07) is 0. The minimum atomic E-state index is -3.57. The molecule has 0 unspecified atom stereocenters. The molecule has 0 aromatic carbocycles. The van der Waals surface area contributed by atoms with Crippen LogP contribution < -0.4 is 0 Å². The van der Waals surface area contributed by atoms with Crippen LogP contribution in [0.2, 0.25) is 0 Å². The second-order valence-electron chi connectivity index (χ2n) is 6.87. The molecule has 9 heteroatoms. The number of hydrogen-bond donors (Lipinski definition) is 0. The Balaban J connectivity index is 3.96. The van der Waals surface area contributed by atoms with Crippen molar-refractivity contribution in [2.24, 2.45) is 0 Å². The van der Waals surface area contributed by atoms with E-state index in [1.807, 2.05) is 6.92 Å². The Kier molecular flexibility index (Phi) is 19.5. The Hall–Kier alpha value is -1.47. The molecule has 0 spiro atoms. The van der Waals surface area contributed by atoms with E-state index in [1.54, 1.807) is 0 Å². The summed E-state index contributed by atoms with van der Waals surface area (Å²) in [7, 11) is -3.57. The summed E-state index contributed by atoms with van der Waals surface area (Å²) in [6.07, 6.45) is 10.4. The van der Waals surface area contributed by atoms with Gasteiger partial charge in [-0.2, -0.15) is 0 Å². The van der Waals surface area contributed by atoms with E-state index in [-0.39, 0.29) is 13.2 Å². The maximum atomic E-state index is 12.8. The van der Waals surface area contributed by atoms with Crippen LogP contribution in [0.15, 0.2) is 25.3 Å². The molecule has 0 bridgehead atoms. The predicted molar refractivity (Wildman–Crippen MR) is 120 cm³/mol. The molecule has 180 valence electrons. The monoisotopic (exact) mass is 462 g/mol. The van der Waals surface area contributed by atoms with Gasteiger partial charge in [0.2, 0.25) is 0 Å². The number of rotatable bonds is 22. The highest BCUT2D eigenvalue weighted by Gasteiger charge is 2.26. The van der Waals surface area contributed by atoms with E-state index >= 15 is 0 Å². The maximum Gasteiger partial charge on any atom is 0.474 e. The molecule has 0 saturated carbocycles. The molecule has 0 rings (SSSR count). The minimum Gasteiger partial charge on any atom is -0.463 e. The van der Waals surface area contributed by atoms with E-state index in [4.69, 9.17) is 23.0 Å². The topological polar surface area (TPSA) is 97.4 Å². The summed E-state index contributed by atoms with van der Waals surface area (Å²) in [6.45, 7) is 10.3. The minimum absolute atomic E-state index is 0.282. The first kappa shape index (κ1) is 29.5. The van der Waals surface area contributed by atoms with Crippen LogP contribution >= 0.6 is 7.82 Å². The summed E-state index contributed by atoms with van der Waals surface area (Å²) < 4.78 is 38.9. The van der Waals surface area contributed by atoms with Crippen molar-refractivity contribution < 1.29 is 37.2 Å². The number of carbonyl (C=O) groups is 2. The summed E-state index contributed by atoms with van der Waals surface area (Å²) in [5.74, 6) is -0.830. The lowest BCUT2D eigenvalue weighted by atomic mass is 10.2. The molecule has 0 fully saturated rings. The maximum absolute atomic E-state index is 12.8. The Bertz CT molecular complexity index is 510. The first-order valence-corrected chi connectivity index (χ1v) is 12.6. The van der Waals surface area contributed by atoms with Crippen molar-refractivity contribution >= 4 is 19.8 Å². The van der Waals surface area contributed by atoms with Crippen LogP contribution in [0.25, 0.3) is 0 Å². The van der Waals surface area contributed by atoms with Gasteiger partial charge in [-0.3, -0.25) is 13.6 Å². The van der Waals surface area contributed by atoms with E-state index in [2.05, 4.69) is 13.2 Å². The summed E-state index contributed by atoms with van der Waals surface area (Å²) in [5, 5.41) is 0. The number of ether oxygens (including phenoxy) is 2. The summed E-state index contributed by atoms with van der Waals surface area (Å²) in [5.41, 5.74) is 0.